The van der Waals surface area contributed by atoms with Gasteiger partial charge < -0.3 is 19.5 Å². The number of esters is 2. The Morgan fingerprint density at radius 3 is 0.980 bits per heavy atom. The van der Waals surface area contributed by atoms with E-state index < -0.39 is 0 Å². The summed E-state index contributed by atoms with van der Waals surface area (Å²) in [5.74, 6) is -0.0922. The normalized spacial score (nSPS) is 11.1. The van der Waals surface area contributed by atoms with Gasteiger partial charge in [0.05, 0.1) is 19.8 Å². The molecule has 0 rings (SSSR count). The van der Waals surface area contributed by atoms with E-state index in [4.69, 9.17) is 9.47 Å². The van der Waals surface area contributed by atoms with Gasteiger partial charge in [-0.3, -0.25) is 9.59 Å². The smallest absolute Gasteiger partial charge is 0.305 e. The van der Waals surface area contributed by atoms with Gasteiger partial charge in [-0.2, -0.15) is 0 Å². The van der Waals surface area contributed by atoms with Gasteiger partial charge in [0, 0.05) is 19.4 Å². The molecule has 6 heteroatoms. The highest BCUT2D eigenvalue weighted by molar-refractivity contribution is 5.69. The molecule has 306 valence electrons. The summed E-state index contributed by atoms with van der Waals surface area (Å²) in [7, 11) is 0. The maximum absolute atomic E-state index is 12.0. The number of aliphatic hydroxyl groups excluding tert-OH is 1. The van der Waals surface area contributed by atoms with E-state index in [0.29, 0.717) is 32.6 Å². The van der Waals surface area contributed by atoms with Crippen LogP contribution in [0, 0.1) is 0 Å². The van der Waals surface area contributed by atoms with Crippen LogP contribution in [0.1, 0.15) is 240 Å². The third kappa shape index (κ3) is 46.8. The number of ether oxygens (including phenoxy) is 2. The molecular formula is C45H91NO5. The average molecular weight is 726 g/mol. The molecule has 1 N–H and O–H groups in total. The lowest BCUT2D eigenvalue weighted by Gasteiger charge is -2.21. The standard InChI is InChI=1S/C36H71NO5.C9H20/c1-3-5-7-9-11-12-14-19-26-34-42-36(40)28-22-20-24-30-37(31-32-38)29-23-17-15-16-21-27-35(39)41-33-25-18-13-10-8-6-4-2;1-3-5-7-9-8-6-4-2/h38H,3-34H2,1-2H3;3-9H2,1-2H3. The first kappa shape index (κ1) is 52.0. The molecule has 0 amide bonds. The zero-order chi connectivity index (χ0) is 37.7. The van der Waals surface area contributed by atoms with E-state index in [-0.39, 0.29) is 18.5 Å². The predicted octanol–water partition coefficient (Wildman–Crippen LogP) is 13.3. The number of carbonyl (C=O) groups excluding carboxylic acids is 2. The Hall–Kier alpha value is -1.14. The van der Waals surface area contributed by atoms with Crippen LogP contribution >= 0.6 is 0 Å². The molecule has 0 aliphatic rings. The largest absolute Gasteiger partial charge is 0.466 e. The molecule has 51 heavy (non-hydrogen) atoms. The van der Waals surface area contributed by atoms with E-state index >= 15 is 0 Å². The van der Waals surface area contributed by atoms with Crippen LogP contribution in [-0.4, -0.2) is 61.4 Å². The monoisotopic (exact) mass is 726 g/mol. The molecule has 0 heterocycles. The van der Waals surface area contributed by atoms with E-state index in [1.165, 1.54) is 128 Å². The Labute approximate surface area is 319 Å². The van der Waals surface area contributed by atoms with E-state index in [1.54, 1.807) is 0 Å². The maximum Gasteiger partial charge on any atom is 0.305 e. The SMILES string of the molecule is CCCCCCCCC.CCCCCCCCCCCOC(=O)CCCCCN(CCO)CCCCCCCC(=O)OCCCCCCCCC. The van der Waals surface area contributed by atoms with E-state index in [2.05, 4.69) is 32.6 Å². The van der Waals surface area contributed by atoms with Crippen molar-refractivity contribution in [2.24, 2.45) is 0 Å². The number of nitrogens with zero attached hydrogens (tertiary/aromatic N) is 1. The third-order valence-electron chi connectivity index (χ3n) is 9.86. The second kappa shape index (κ2) is 46.9. The van der Waals surface area contributed by atoms with Crippen molar-refractivity contribution in [1.82, 2.24) is 4.90 Å². The molecule has 0 saturated heterocycles. The van der Waals surface area contributed by atoms with Crippen molar-refractivity contribution in [3.05, 3.63) is 0 Å². The molecule has 0 saturated carbocycles. The lowest BCUT2D eigenvalue weighted by molar-refractivity contribution is -0.144. The van der Waals surface area contributed by atoms with Crippen LogP contribution in [0.2, 0.25) is 0 Å². The summed E-state index contributed by atoms with van der Waals surface area (Å²) < 4.78 is 10.8. The van der Waals surface area contributed by atoms with E-state index in [0.717, 1.165) is 83.7 Å². The predicted molar refractivity (Wildman–Crippen MR) is 221 cm³/mol. The molecule has 0 spiro atoms. The minimum atomic E-state index is -0.0526. The van der Waals surface area contributed by atoms with Gasteiger partial charge in [0.2, 0.25) is 0 Å². The summed E-state index contributed by atoms with van der Waals surface area (Å²) in [6.45, 7) is 13.0. The van der Waals surface area contributed by atoms with Crippen LogP contribution in [0.3, 0.4) is 0 Å². The molecule has 0 bridgehead atoms. The van der Waals surface area contributed by atoms with Crippen LogP contribution in [-0.2, 0) is 19.1 Å². The second-order valence-electron chi connectivity index (χ2n) is 15.1. The number of hydrogen-bond acceptors (Lipinski definition) is 6. The highest BCUT2D eigenvalue weighted by Crippen LogP contribution is 2.12. The Balaban J connectivity index is 0. The van der Waals surface area contributed by atoms with Crippen molar-refractivity contribution in [1.29, 1.82) is 0 Å². The first-order valence-corrected chi connectivity index (χ1v) is 22.7. The van der Waals surface area contributed by atoms with Gasteiger partial charge in [0.25, 0.3) is 0 Å². The van der Waals surface area contributed by atoms with Gasteiger partial charge in [0.1, 0.15) is 0 Å². The van der Waals surface area contributed by atoms with Crippen LogP contribution < -0.4 is 0 Å². The van der Waals surface area contributed by atoms with Crippen molar-refractivity contribution >= 4 is 11.9 Å². The fourth-order valence-corrected chi connectivity index (χ4v) is 6.41. The number of carbonyl (C=O) groups is 2. The summed E-state index contributed by atoms with van der Waals surface area (Å²) in [6.07, 6.45) is 39.5. The number of unbranched alkanes of at least 4 members (excludes halogenated alkanes) is 26. The lowest BCUT2D eigenvalue weighted by Crippen LogP contribution is -2.29. The zero-order valence-electron chi connectivity index (χ0n) is 35.1. The second-order valence-corrected chi connectivity index (χ2v) is 15.1. The van der Waals surface area contributed by atoms with Crippen molar-refractivity contribution in [3.8, 4) is 0 Å². The lowest BCUT2D eigenvalue weighted by atomic mass is 10.1. The van der Waals surface area contributed by atoms with Crippen molar-refractivity contribution < 1.29 is 24.2 Å². The minimum Gasteiger partial charge on any atom is -0.466 e. The summed E-state index contributed by atoms with van der Waals surface area (Å²) in [5.41, 5.74) is 0. The maximum atomic E-state index is 12.0. The summed E-state index contributed by atoms with van der Waals surface area (Å²) in [4.78, 5) is 26.2. The highest BCUT2D eigenvalue weighted by Gasteiger charge is 2.07. The van der Waals surface area contributed by atoms with Gasteiger partial charge in [-0.25, -0.2) is 0 Å². The molecule has 0 aliphatic heterocycles. The van der Waals surface area contributed by atoms with Gasteiger partial charge >= 0.3 is 11.9 Å². The molecule has 6 nitrogen and oxygen atoms in total. The average Bonchev–Trinajstić information content (AvgIpc) is 3.13. The van der Waals surface area contributed by atoms with Crippen LogP contribution in [0.4, 0.5) is 0 Å². The van der Waals surface area contributed by atoms with Crippen LogP contribution in [0.25, 0.3) is 0 Å². The van der Waals surface area contributed by atoms with Crippen molar-refractivity contribution in [2.45, 2.75) is 240 Å². The van der Waals surface area contributed by atoms with Crippen LogP contribution in [0.5, 0.6) is 0 Å². The summed E-state index contributed by atoms with van der Waals surface area (Å²) in [5, 5.41) is 9.42. The first-order valence-electron chi connectivity index (χ1n) is 22.7. The molecule has 0 aromatic heterocycles. The van der Waals surface area contributed by atoms with E-state index in [1.807, 2.05) is 0 Å². The summed E-state index contributed by atoms with van der Waals surface area (Å²) >= 11 is 0. The van der Waals surface area contributed by atoms with Gasteiger partial charge in [0.15, 0.2) is 0 Å². The number of aliphatic hydroxyl groups is 1. The Morgan fingerprint density at radius 2 is 0.647 bits per heavy atom. The zero-order valence-corrected chi connectivity index (χ0v) is 35.1. The van der Waals surface area contributed by atoms with Crippen molar-refractivity contribution in [2.75, 3.05) is 39.5 Å². The molecule has 0 atom stereocenters. The van der Waals surface area contributed by atoms with Gasteiger partial charge in [-0.05, 0) is 51.6 Å². The molecule has 0 radical (unpaired) electrons. The Bertz CT molecular complexity index is 667. The van der Waals surface area contributed by atoms with E-state index in [9.17, 15) is 14.7 Å². The Kier molecular flexibility index (Phi) is 47.8. The van der Waals surface area contributed by atoms with Gasteiger partial charge in [-0.15, -0.1) is 0 Å². The highest BCUT2D eigenvalue weighted by atomic mass is 16.5. The molecular weight excluding hydrogens is 634 g/mol. The molecule has 0 unspecified atom stereocenters. The fraction of sp³-hybridized carbons (Fsp3) is 0.956. The minimum absolute atomic E-state index is 0.0397. The first-order chi connectivity index (χ1) is 25.0. The quantitative estimate of drug-likeness (QED) is 0.0501. The third-order valence-corrected chi connectivity index (χ3v) is 9.86. The van der Waals surface area contributed by atoms with Crippen molar-refractivity contribution in [3.63, 3.8) is 0 Å². The number of hydrogen-bond donors (Lipinski definition) is 1. The molecule has 0 aromatic rings. The summed E-state index contributed by atoms with van der Waals surface area (Å²) in [6, 6.07) is 0. The van der Waals surface area contributed by atoms with Gasteiger partial charge in [-0.1, -0.05) is 188 Å². The topological polar surface area (TPSA) is 76.1 Å². The molecule has 0 aliphatic carbocycles. The van der Waals surface area contributed by atoms with Crippen LogP contribution in [0.15, 0.2) is 0 Å². The Morgan fingerprint density at radius 1 is 0.373 bits per heavy atom. The molecule has 0 fully saturated rings. The fourth-order valence-electron chi connectivity index (χ4n) is 6.41. The molecule has 0 aromatic carbocycles. The number of rotatable bonds is 40.